The van der Waals surface area contributed by atoms with Crippen molar-refractivity contribution in [1.29, 1.82) is 0 Å². The fraction of sp³-hybridized carbons (Fsp3) is 0.348. The normalized spacial score (nSPS) is 14.3. The van der Waals surface area contributed by atoms with Crippen LogP contribution in [0.5, 0.6) is 11.5 Å². The van der Waals surface area contributed by atoms with Gasteiger partial charge >= 0.3 is 6.01 Å². The maximum Gasteiger partial charge on any atom is 0.324 e. The third-order valence-corrected chi connectivity index (χ3v) is 5.50. The summed E-state index contributed by atoms with van der Waals surface area (Å²) in [6, 6.07) is 15.7. The van der Waals surface area contributed by atoms with Crippen molar-refractivity contribution in [3.8, 4) is 22.9 Å². The Kier molecular flexibility index (Phi) is 6.35. The molecule has 0 bridgehead atoms. The summed E-state index contributed by atoms with van der Waals surface area (Å²) in [7, 11) is 3.26. The monoisotopic (exact) mass is 422 g/mol. The van der Waals surface area contributed by atoms with E-state index in [1.165, 1.54) is 0 Å². The predicted molar refractivity (Wildman–Crippen MR) is 116 cm³/mol. The molecule has 0 aliphatic carbocycles. The third kappa shape index (κ3) is 4.96. The van der Waals surface area contributed by atoms with Gasteiger partial charge in [0, 0.05) is 31.1 Å². The number of ether oxygens (including phenoxy) is 2. The van der Waals surface area contributed by atoms with Gasteiger partial charge in [-0.15, -0.1) is 0 Å². The largest absolute Gasteiger partial charge is 0.497 e. The minimum Gasteiger partial charge on any atom is -0.497 e. The van der Waals surface area contributed by atoms with Crippen molar-refractivity contribution in [2.24, 2.45) is 5.92 Å². The molecule has 162 valence electrons. The van der Waals surface area contributed by atoms with E-state index in [-0.39, 0.29) is 11.8 Å². The number of nitrogens with zero attached hydrogens (tertiary/aromatic N) is 3. The Morgan fingerprint density at radius 1 is 1.10 bits per heavy atom. The molecule has 0 unspecified atom stereocenters. The first-order chi connectivity index (χ1) is 15.2. The van der Waals surface area contributed by atoms with Gasteiger partial charge in [-0.05, 0) is 54.8 Å². The number of hydrogen-bond acceptors (Lipinski definition) is 7. The fourth-order valence-electron chi connectivity index (χ4n) is 3.65. The summed E-state index contributed by atoms with van der Waals surface area (Å²) in [6.45, 7) is 1.88. The van der Waals surface area contributed by atoms with Gasteiger partial charge in [-0.1, -0.05) is 17.3 Å². The highest BCUT2D eigenvalue weighted by molar-refractivity contribution is 5.79. The molecule has 0 saturated carbocycles. The molecular weight excluding hydrogens is 396 g/mol. The smallest absolute Gasteiger partial charge is 0.324 e. The van der Waals surface area contributed by atoms with Crippen LogP contribution in [0.3, 0.4) is 0 Å². The van der Waals surface area contributed by atoms with Crippen molar-refractivity contribution < 1.29 is 18.8 Å². The van der Waals surface area contributed by atoms with E-state index in [4.69, 9.17) is 14.0 Å². The summed E-state index contributed by atoms with van der Waals surface area (Å²) in [5.41, 5.74) is 1.88. The van der Waals surface area contributed by atoms with Gasteiger partial charge in [0.2, 0.25) is 11.7 Å². The molecule has 8 nitrogen and oxygen atoms in total. The second-order valence-corrected chi connectivity index (χ2v) is 7.46. The molecule has 1 aromatic heterocycles. The Bertz CT molecular complexity index is 1010. The molecule has 0 spiro atoms. The Hall–Kier alpha value is -3.55. The van der Waals surface area contributed by atoms with Crippen molar-refractivity contribution in [2.75, 3.05) is 32.2 Å². The van der Waals surface area contributed by atoms with Gasteiger partial charge in [-0.3, -0.25) is 4.79 Å². The zero-order chi connectivity index (χ0) is 21.6. The number of hydrogen-bond donors (Lipinski definition) is 1. The van der Waals surface area contributed by atoms with Crippen LogP contribution in [0.2, 0.25) is 0 Å². The van der Waals surface area contributed by atoms with E-state index in [0.717, 1.165) is 35.5 Å². The van der Waals surface area contributed by atoms with E-state index in [1.54, 1.807) is 14.2 Å². The van der Waals surface area contributed by atoms with Crippen LogP contribution < -0.4 is 19.7 Å². The lowest BCUT2D eigenvalue weighted by Crippen LogP contribution is -2.40. The Balaban J connectivity index is 1.29. The van der Waals surface area contributed by atoms with Crippen LogP contribution in [-0.2, 0) is 11.3 Å². The standard InChI is InChI=1S/C23H26N4O4/c1-29-19-8-6-17(7-9-19)21-25-23(31-26-21)27-12-10-18(11-13-27)22(28)24-15-16-4-3-5-20(14-16)30-2/h3-9,14,18H,10-13,15H2,1-2H3,(H,24,28). The van der Waals surface area contributed by atoms with Crippen LogP contribution in [0, 0.1) is 5.92 Å². The maximum atomic E-state index is 12.6. The van der Waals surface area contributed by atoms with Crippen molar-refractivity contribution >= 4 is 11.9 Å². The molecule has 1 aliphatic heterocycles. The van der Waals surface area contributed by atoms with Gasteiger partial charge in [0.15, 0.2) is 0 Å². The highest BCUT2D eigenvalue weighted by Crippen LogP contribution is 2.26. The zero-order valence-corrected chi connectivity index (χ0v) is 17.7. The Morgan fingerprint density at radius 2 is 1.84 bits per heavy atom. The lowest BCUT2D eigenvalue weighted by Gasteiger charge is -2.29. The molecule has 0 radical (unpaired) electrons. The minimum atomic E-state index is -0.0224. The topological polar surface area (TPSA) is 89.7 Å². The molecule has 8 heteroatoms. The number of rotatable bonds is 7. The molecule has 3 aromatic rings. The summed E-state index contributed by atoms with van der Waals surface area (Å²) >= 11 is 0. The van der Waals surface area contributed by atoms with Gasteiger partial charge in [0.1, 0.15) is 11.5 Å². The molecular formula is C23H26N4O4. The summed E-state index contributed by atoms with van der Waals surface area (Å²) in [6.07, 6.45) is 1.48. The molecule has 1 fully saturated rings. The molecule has 0 atom stereocenters. The summed E-state index contributed by atoms with van der Waals surface area (Å²) in [5.74, 6) is 2.15. The average molecular weight is 422 g/mol. The molecule has 1 saturated heterocycles. The fourth-order valence-corrected chi connectivity index (χ4v) is 3.65. The van der Waals surface area contributed by atoms with E-state index in [0.29, 0.717) is 31.5 Å². The molecule has 4 rings (SSSR count). The van der Waals surface area contributed by atoms with Crippen molar-refractivity contribution in [3.63, 3.8) is 0 Å². The Labute approximate surface area is 181 Å². The molecule has 2 aromatic carbocycles. The Morgan fingerprint density at radius 3 is 2.55 bits per heavy atom. The second kappa shape index (κ2) is 9.51. The number of aromatic nitrogens is 2. The lowest BCUT2D eigenvalue weighted by molar-refractivity contribution is -0.125. The summed E-state index contributed by atoms with van der Waals surface area (Å²) in [4.78, 5) is 19.1. The SMILES string of the molecule is COc1ccc(-c2noc(N3CCC(C(=O)NCc4cccc(OC)c4)CC3)n2)cc1. The van der Waals surface area contributed by atoms with E-state index in [2.05, 4.69) is 15.5 Å². The number of piperidine rings is 1. The first-order valence-electron chi connectivity index (χ1n) is 10.3. The van der Waals surface area contributed by atoms with E-state index >= 15 is 0 Å². The van der Waals surface area contributed by atoms with Crippen LogP contribution in [0.25, 0.3) is 11.4 Å². The number of carbonyl (C=O) groups is 1. The van der Waals surface area contributed by atoms with Gasteiger partial charge in [-0.2, -0.15) is 4.98 Å². The molecule has 31 heavy (non-hydrogen) atoms. The zero-order valence-electron chi connectivity index (χ0n) is 17.7. The van der Waals surface area contributed by atoms with Crippen molar-refractivity contribution in [1.82, 2.24) is 15.5 Å². The van der Waals surface area contributed by atoms with E-state index < -0.39 is 0 Å². The number of anilines is 1. The maximum absolute atomic E-state index is 12.6. The van der Waals surface area contributed by atoms with Crippen LogP contribution in [0.4, 0.5) is 6.01 Å². The number of amides is 1. The number of carbonyl (C=O) groups excluding carboxylic acids is 1. The molecule has 1 N–H and O–H groups in total. The number of methoxy groups -OCH3 is 2. The number of benzene rings is 2. The highest BCUT2D eigenvalue weighted by Gasteiger charge is 2.27. The first kappa shape index (κ1) is 20.7. The number of nitrogens with one attached hydrogen (secondary N) is 1. The minimum absolute atomic E-state index is 0.0224. The quantitative estimate of drug-likeness (QED) is 0.625. The second-order valence-electron chi connectivity index (χ2n) is 7.46. The molecule has 1 aliphatic rings. The van der Waals surface area contributed by atoms with Crippen LogP contribution >= 0.6 is 0 Å². The first-order valence-corrected chi connectivity index (χ1v) is 10.3. The van der Waals surface area contributed by atoms with E-state index in [1.807, 2.05) is 53.4 Å². The molecule has 1 amide bonds. The van der Waals surface area contributed by atoms with Gasteiger partial charge in [0.05, 0.1) is 14.2 Å². The average Bonchev–Trinajstić information content (AvgIpc) is 3.33. The highest BCUT2D eigenvalue weighted by atomic mass is 16.5. The lowest BCUT2D eigenvalue weighted by atomic mass is 9.96. The summed E-state index contributed by atoms with van der Waals surface area (Å²) < 4.78 is 15.9. The van der Waals surface area contributed by atoms with E-state index in [9.17, 15) is 4.79 Å². The van der Waals surface area contributed by atoms with Gasteiger partial charge in [0.25, 0.3) is 0 Å². The van der Waals surface area contributed by atoms with Crippen LogP contribution in [0.1, 0.15) is 18.4 Å². The van der Waals surface area contributed by atoms with Crippen molar-refractivity contribution in [3.05, 3.63) is 54.1 Å². The summed E-state index contributed by atoms with van der Waals surface area (Å²) in [5, 5.41) is 7.13. The van der Waals surface area contributed by atoms with Gasteiger partial charge in [-0.25, -0.2) is 0 Å². The molecule has 2 heterocycles. The predicted octanol–water partition coefficient (Wildman–Crippen LogP) is 3.29. The van der Waals surface area contributed by atoms with Crippen LogP contribution in [-0.4, -0.2) is 43.4 Å². The van der Waals surface area contributed by atoms with Crippen molar-refractivity contribution in [2.45, 2.75) is 19.4 Å². The third-order valence-electron chi connectivity index (χ3n) is 5.50. The van der Waals surface area contributed by atoms with Gasteiger partial charge < -0.3 is 24.2 Å². The van der Waals surface area contributed by atoms with Crippen LogP contribution in [0.15, 0.2) is 53.1 Å².